The van der Waals surface area contributed by atoms with Gasteiger partial charge < -0.3 is 4.74 Å². The van der Waals surface area contributed by atoms with Crippen molar-refractivity contribution in [2.24, 2.45) is 0 Å². The maximum Gasteiger partial charge on any atom is 0.294 e. The molecule has 1 aromatic rings. The summed E-state index contributed by atoms with van der Waals surface area (Å²) in [4.78, 5) is -0.0269. The van der Waals surface area contributed by atoms with Gasteiger partial charge in [0.25, 0.3) is 10.1 Å². The molecule has 0 aromatic heterocycles. The SMILES string of the molecule is CCCCCCCCCCCCCCCCCCOc1cc(C)c(S(=O)(=O)O)cc1C(C)C. The molecule has 0 unspecified atom stereocenters. The van der Waals surface area contributed by atoms with E-state index in [1.807, 2.05) is 13.8 Å². The third-order valence-electron chi connectivity index (χ3n) is 6.46. The zero-order valence-electron chi connectivity index (χ0n) is 21.8. The molecule has 0 aliphatic rings. The lowest BCUT2D eigenvalue weighted by molar-refractivity contribution is 0.300. The topological polar surface area (TPSA) is 63.6 Å². The summed E-state index contributed by atoms with van der Waals surface area (Å²) in [5.74, 6) is 0.850. The van der Waals surface area contributed by atoms with Crippen LogP contribution in [0.3, 0.4) is 0 Å². The molecule has 0 heterocycles. The number of hydrogen-bond donors (Lipinski definition) is 1. The molecule has 0 fully saturated rings. The Bertz CT molecular complexity index is 741. The van der Waals surface area contributed by atoms with Crippen molar-refractivity contribution < 1.29 is 17.7 Å². The molecule has 0 amide bonds. The first-order valence-corrected chi connectivity index (χ1v) is 15.0. The van der Waals surface area contributed by atoms with Crippen LogP contribution in [-0.2, 0) is 10.1 Å². The average molecular weight is 483 g/mol. The van der Waals surface area contributed by atoms with E-state index in [0.717, 1.165) is 24.2 Å². The van der Waals surface area contributed by atoms with E-state index in [1.54, 1.807) is 19.1 Å². The van der Waals surface area contributed by atoms with Crippen molar-refractivity contribution in [2.75, 3.05) is 6.61 Å². The van der Waals surface area contributed by atoms with E-state index in [1.165, 1.54) is 89.9 Å². The van der Waals surface area contributed by atoms with E-state index < -0.39 is 10.1 Å². The lowest BCUT2D eigenvalue weighted by Gasteiger charge is -2.17. The van der Waals surface area contributed by atoms with Crippen molar-refractivity contribution in [3.8, 4) is 5.75 Å². The fourth-order valence-corrected chi connectivity index (χ4v) is 5.11. The molecule has 0 aliphatic heterocycles. The molecule has 192 valence electrons. The minimum absolute atomic E-state index is 0.0269. The van der Waals surface area contributed by atoms with Gasteiger partial charge in [0.05, 0.1) is 11.5 Å². The van der Waals surface area contributed by atoms with Crippen LogP contribution in [0, 0.1) is 6.92 Å². The molecular formula is C28H50O4S. The highest BCUT2D eigenvalue weighted by molar-refractivity contribution is 7.85. The van der Waals surface area contributed by atoms with E-state index in [-0.39, 0.29) is 10.8 Å². The Morgan fingerprint density at radius 3 is 1.58 bits per heavy atom. The van der Waals surface area contributed by atoms with Crippen molar-refractivity contribution in [1.29, 1.82) is 0 Å². The van der Waals surface area contributed by atoms with Crippen LogP contribution in [0.2, 0.25) is 0 Å². The summed E-state index contributed by atoms with van der Waals surface area (Å²) in [7, 11) is -4.21. The molecule has 0 spiro atoms. The highest BCUT2D eigenvalue weighted by Gasteiger charge is 2.19. The van der Waals surface area contributed by atoms with Crippen LogP contribution in [0.1, 0.15) is 141 Å². The predicted octanol–water partition coefficient (Wildman–Crippen LogP) is 9.01. The minimum atomic E-state index is -4.21. The molecule has 33 heavy (non-hydrogen) atoms. The Morgan fingerprint density at radius 1 is 0.758 bits per heavy atom. The van der Waals surface area contributed by atoms with Crippen LogP contribution in [0.4, 0.5) is 0 Å². The third kappa shape index (κ3) is 13.4. The predicted molar refractivity (Wildman–Crippen MR) is 140 cm³/mol. The summed E-state index contributed by atoms with van der Waals surface area (Å²) in [6.45, 7) is 8.61. The second-order valence-corrected chi connectivity index (χ2v) is 11.3. The van der Waals surface area contributed by atoms with Crippen molar-refractivity contribution >= 4 is 10.1 Å². The van der Waals surface area contributed by atoms with Gasteiger partial charge >= 0.3 is 0 Å². The van der Waals surface area contributed by atoms with Gasteiger partial charge in [-0.25, -0.2) is 0 Å². The van der Waals surface area contributed by atoms with Crippen LogP contribution < -0.4 is 4.74 Å². The number of aryl methyl sites for hydroxylation is 1. The molecule has 0 radical (unpaired) electrons. The second kappa shape index (κ2) is 17.4. The second-order valence-electron chi connectivity index (χ2n) is 9.94. The molecule has 0 bridgehead atoms. The van der Waals surface area contributed by atoms with Gasteiger partial charge in [0.2, 0.25) is 0 Å². The van der Waals surface area contributed by atoms with Crippen LogP contribution in [0.15, 0.2) is 17.0 Å². The van der Waals surface area contributed by atoms with Crippen molar-refractivity contribution in [1.82, 2.24) is 0 Å². The van der Waals surface area contributed by atoms with E-state index in [2.05, 4.69) is 6.92 Å². The van der Waals surface area contributed by atoms with Gasteiger partial charge in [0.15, 0.2) is 0 Å². The Kier molecular flexibility index (Phi) is 15.8. The molecule has 0 aliphatic carbocycles. The molecule has 0 saturated carbocycles. The van der Waals surface area contributed by atoms with Gasteiger partial charge in [0.1, 0.15) is 5.75 Å². The molecular weight excluding hydrogens is 432 g/mol. The standard InChI is InChI=1S/C28H50O4S/c1-5-6-7-8-9-10-11-12-13-14-15-16-17-18-19-20-21-32-27-22-25(4)28(33(29,30)31)23-26(27)24(2)3/h22-24H,5-21H2,1-4H3,(H,29,30,31). The van der Waals surface area contributed by atoms with Gasteiger partial charge in [0, 0.05) is 0 Å². The van der Waals surface area contributed by atoms with Gasteiger partial charge in [-0.05, 0) is 42.5 Å². The molecule has 4 nitrogen and oxygen atoms in total. The van der Waals surface area contributed by atoms with E-state index in [9.17, 15) is 13.0 Å². The molecule has 0 atom stereocenters. The summed E-state index contributed by atoms with van der Waals surface area (Å²) >= 11 is 0. The summed E-state index contributed by atoms with van der Waals surface area (Å²) in [6, 6.07) is 3.29. The Balaban J connectivity index is 2.09. The number of hydrogen-bond acceptors (Lipinski definition) is 3. The van der Waals surface area contributed by atoms with Gasteiger partial charge in [-0.1, -0.05) is 117 Å². The summed E-state index contributed by atoms with van der Waals surface area (Å²) in [5, 5.41) is 0. The third-order valence-corrected chi connectivity index (χ3v) is 7.46. The zero-order valence-corrected chi connectivity index (χ0v) is 22.6. The van der Waals surface area contributed by atoms with Crippen LogP contribution >= 0.6 is 0 Å². The zero-order chi connectivity index (χ0) is 24.5. The highest BCUT2D eigenvalue weighted by Crippen LogP contribution is 2.32. The Hall–Kier alpha value is -1.07. The van der Waals surface area contributed by atoms with Crippen molar-refractivity contribution in [3.63, 3.8) is 0 Å². The van der Waals surface area contributed by atoms with E-state index >= 15 is 0 Å². The van der Waals surface area contributed by atoms with Gasteiger partial charge in [-0.15, -0.1) is 0 Å². The fourth-order valence-electron chi connectivity index (χ4n) is 4.36. The monoisotopic (exact) mass is 482 g/mol. The number of ether oxygens (including phenoxy) is 1. The van der Waals surface area contributed by atoms with Crippen molar-refractivity contribution in [3.05, 3.63) is 23.3 Å². The normalized spacial score (nSPS) is 11.9. The molecule has 1 N–H and O–H groups in total. The largest absolute Gasteiger partial charge is 0.493 e. The minimum Gasteiger partial charge on any atom is -0.493 e. The smallest absolute Gasteiger partial charge is 0.294 e. The highest BCUT2D eigenvalue weighted by atomic mass is 32.2. The van der Waals surface area contributed by atoms with Crippen LogP contribution in [0.5, 0.6) is 5.75 Å². The van der Waals surface area contributed by atoms with E-state index in [4.69, 9.17) is 4.74 Å². The molecule has 5 heteroatoms. The first-order chi connectivity index (χ1) is 15.8. The van der Waals surface area contributed by atoms with Gasteiger partial charge in [-0.3, -0.25) is 4.55 Å². The first kappa shape index (κ1) is 30.0. The molecule has 0 saturated heterocycles. The number of benzene rings is 1. The lowest BCUT2D eigenvalue weighted by atomic mass is 10.0. The number of rotatable bonds is 20. The summed E-state index contributed by atoms with van der Waals surface area (Å²) < 4.78 is 38.6. The molecule has 1 aromatic carbocycles. The lowest BCUT2D eigenvalue weighted by Crippen LogP contribution is -2.07. The maximum atomic E-state index is 11.6. The average Bonchev–Trinajstić information content (AvgIpc) is 2.74. The quantitative estimate of drug-likeness (QED) is 0.149. The summed E-state index contributed by atoms with van der Waals surface area (Å²) in [6.07, 6.45) is 21.5. The maximum absolute atomic E-state index is 11.6. The number of unbranched alkanes of at least 4 members (excludes halogenated alkanes) is 15. The van der Waals surface area contributed by atoms with Crippen molar-refractivity contribution in [2.45, 2.75) is 141 Å². The van der Waals surface area contributed by atoms with E-state index in [0.29, 0.717) is 12.2 Å². The Labute approximate surface area is 204 Å². The van der Waals surface area contributed by atoms with Gasteiger partial charge in [-0.2, -0.15) is 8.42 Å². The Morgan fingerprint density at radius 2 is 1.18 bits per heavy atom. The van der Waals surface area contributed by atoms with Crippen LogP contribution in [0.25, 0.3) is 0 Å². The molecule has 1 rings (SSSR count). The summed E-state index contributed by atoms with van der Waals surface area (Å²) in [5.41, 5.74) is 1.34. The fraction of sp³-hybridized carbons (Fsp3) is 0.786. The van der Waals surface area contributed by atoms with Crippen LogP contribution in [-0.4, -0.2) is 19.6 Å². The first-order valence-electron chi connectivity index (χ1n) is 13.5.